The molecule has 0 bridgehead atoms. The van der Waals surface area contributed by atoms with E-state index in [2.05, 4.69) is 15.0 Å². The van der Waals surface area contributed by atoms with Crippen LogP contribution in [-0.4, -0.2) is 22.1 Å². The van der Waals surface area contributed by atoms with Crippen LogP contribution in [0.1, 0.15) is 10.7 Å². The minimum atomic E-state index is -1.05. The Balaban J connectivity index is 2.60. The van der Waals surface area contributed by atoms with Crippen LogP contribution in [0.15, 0.2) is 10.5 Å². The van der Waals surface area contributed by atoms with Crippen LogP contribution in [0.3, 0.4) is 0 Å². The van der Waals surface area contributed by atoms with Gasteiger partial charge < -0.3 is 10.8 Å². The van der Waals surface area contributed by atoms with Gasteiger partial charge in [-0.05, 0) is 5.53 Å². The van der Waals surface area contributed by atoms with Gasteiger partial charge in [-0.25, -0.2) is 4.98 Å². The van der Waals surface area contributed by atoms with E-state index in [4.69, 9.17) is 16.4 Å². The highest BCUT2D eigenvalue weighted by molar-refractivity contribution is 7.09. The fourth-order valence-corrected chi connectivity index (χ4v) is 1.74. The quantitative estimate of drug-likeness (QED) is 0.440. The van der Waals surface area contributed by atoms with Crippen LogP contribution in [0, 0.1) is 0 Å². The number of hydrogen-bond acceptors (Lipinski definition) is 5. The van der Waals surface area contributed by atoms with Crippen molar-refractivity contribution in [2.75, 3.05) is 0 Å². The lowest BCUT2D eigenvalue weighted by molar-refractivity contribution is -0.138. The lowest BCUT2D eigenvalue weighted by Gasteiger charge is -2.01. The third kappa shape index (κ3) is 3.55. The van der Waals surface area contributed by atoms with Gasteiger partial charge in [0, 0.05) is 16.7 Å². The minimum absolute atomic E-state index is 0.176. The largest absolute Gasteiger partial charge is 0.480 e. The number of carbonyl (C=O) groups is 1. The highest BCUT2D eigenvalue weighted by Crippen LogP contribution is 2.12. The van der Waals surface area contributed by atoms with Gasteiger partial charge in [0.05, 0.1) is 17.2 Å². The van der Waals surface area contributed by atoms with E-state index in [1.807, 2.05) is 0 Å². The summed E-state index contributed by atoms with van der Waals surface area (Å²) in [6.07, 6.45) is 0.191. The van der Waals surface area contributed by atoms with Crippen molar-refractivity contribution in [3.63, 3.8) is 0 Å². The van der Waals surface area contributed by atoms with Crippen LogP contribution in [0.5, 0.6) is 0 Å². The summed E-state index contributed by atoms with van der Waals surface area (Å²) in [6, 6.07) is -0.941. The number of aliphatic carboxylic acids is 1. The van der Waals surface area contributed by atoms with E-state index in [0.717, 1.165) is 0 Å². The van der Waals surface area contributed by atoms with Crippen molar-refractivity contribution >= 4 is 17.3 Å². The molecule has 0 saturated carbocycles. The number of hydrogen-bond donors (Lipinski definition) is 2. The first-order valence-corrected chi connectivity index (χ1v) is 4.94. The van der Waals surface area contributed by atoms with Gasteiger partial charge in [0.2, 0.25) is 0 Å². The van der Waals surface area contributed by atoms with Gasteiger partial charge in [-0.2, -0.15) is 0 Å². The molecule has 0 spiro atoms. The third-order valence-electron chi connectivity index (χ3n) is 1.61. The van der Waals surface area contributed by atoms with Crippen LogP contribution < -0.4 is 5.73 Å². The molecule has 1 aromatic heterocycles. The standard InChI is InChI=1S/C7H9N5O2S/c8-5(7(13)14)1-6-11-4(3-15-6)2-10-12-9/h3,5H,1-2,8H2,(H,13,14)/t5-/m0/s1. The Labute approximate surface area is 89.2 Å². The predicted octanol–water partition coefficient (Wildman–Crippen LogP) is 0.908. The molecule has 7 nitrogen and oxygen atoms in total. The van der Waals surface area contributed by atoms with E-state index in [9.17, 15) is 4.79 Å². The Hall–Kier alpha value is -1.63. The van der Waals surface area contributed by atoms with Gasteiger partial charge in [0.1, 0.15) is 6.04 Å². The summed E-state index contributed by atoms with van der Waals surface area (Å²) in [5, 5.41) is 14.3. The Morgan fingerprint density at radius 2 is 2.60 bits per heavy atom. The van der Waals surface area contributed by atoms with Crippen molar-refractivity contribution in [3.8, 4) is 0 Å². The zero-order valence-electron chi connectivity index (χ0n) is 7.70. The van der Waals surface area contributed by atoms with E-state index >= 15 is 0 Å². The van der Waals surface area contributed by atoms with Gasteiger partial charge in [-0.15, -0.1) is 11.3 Å². The molecule has 1 rings (SSSR count). The minimum Gasteiger partial charge on any atom is -0.480 e. The third-order valence-corrected chi connectivity index (χ3v) is 2.53. The molecule has 0 aromatic carbocycles. The number of rotatable bonds is 5. The molecule has 3 N–H and O–H groups in total. The normalized spacial score (nSPS) is 11.8. The van der Waals surface area contributed by atoms with Gasteiger partial charge in [0.15, 0.2) is 0 Å². The molecule has 0 aliphatic carbocycles. The summed E-state index contributed by atoms with van der Waals surface area (Å²) >= 11 is 1.31. The van der Waals surface area contributed by atoms with Crippen LogP contribution in [0.2, 0.25) is 0 Å². The topological polar surface area (TPSA) is 125 Å². The summed E-state index contributed by atoms with van der Waals surface area (Å²) in [7, 11) is 0. The molecule has 0 saturated heterocycles. The van der Waals surface area contributed by atoms with Crippen molar-refractivity contribution in [3.05, 3.63) is 26.5 Å². The van der Waals surface area contributed by atoms with Crippen LogP contribution in [-0.2, 0) is 17.8 Å². The smallest absolute Gasteiger partial charge is 0.320 e. The number of nitrogens with two attached hydrogens (primary N) is 1. The maximum absolute atomic E-state index is 10.5. The van der Waals surface area contributed by atoms with E-state index < -0.39 is 12.0 Å². The highest BCUT2D eigenvalue weighted by Gasteiger charge is 2.14. The number of nitrogens with zero attached hydrogens (tertiary/aromatic N) is 4. The summed E-state index contributed by atoms with van der Waals surface area (Å²) < 4.78 is 0. The molecule has 0 aliphatic rings. The van der Waals surface area contributed by atoms with Crippen molar-refractivity contribution in [1.29, 1.82) is 0 Å². The molecule has 0 radical (unpaired) electrons. The van der Waals surface area contributed by atoms with E-state index in [-0.39, 0.29) is 13.0 Å². The first-order chi connectivity index (χ1) is 7.13. The van der Waals surface area contributed by atoms with Gasteiger partial charge in [-0.3, -0.25) is 4.79 Å². The molecule has 15 heavy (non-hydrogen) atoms. The SMILES string of the molecule is [N-]=[N+]=NCc1csc(C[C@H](N)C(=O)O)n1. The van der Waals surface area contributed by atoms with Gasteiger partial charge in [0.25, 0.3) is 0 Å². The van der Waals surface area contributed by atoms with Gasteiger partial charge >= 0.3 is 5.97 Å². The number of carboxylic acid groups (broad SMARTS) is 1. The molecule has 0 unspecified atom stereocenters. The average Bonchev–Trinajstić information content (AvgIpc) is 2.62. The molecule has 1 atom stereocenters. The number of aromatic nitrogens is 1. The van der Waals surface area contributed by atoms with Gasteiger partial charge in [-0.1, -0.05) is 5.11 Å². The van der Waals surface area contributed by atoms with Crippen LogP contribution >= 0.6 is 11.3 Å². The first kappa shape index (κ1) is 11.4. The molecule has 0 aliphatic heterocycles. The maximum Gasteiger partial charge on any atom is 0.320 e. The molecule has 80 valence electrons. The van der Waals surface area contributed by atoms with E-state index in [0.29, 0.717) is 10.7 Å². The van der Waals surface area contributed by atoms with E-state index in [1.165, 1.54) is 11.3 Å². The molecular weight excluding hydrogens is 218 g/mol. The lowest BCUT2D eigenvalue weighted by atomic mass is 10.2. The second kappa shape index (κ2) is 5.30. The molecule has 0 fully saturated rings. The van der Waals surface area contributed by atoms with Crippen LogP contribution in [0.4, 0.5) is 0 Å². The Morgan fingerprint density at radius 3 is 3.20 bits per heavy atom. The maximum atomic E-state index is 10.5. The van der Waals surface area contributed by atoms with Crippen molar-refractivity contribution in [1.82, 2.24) is 4.98 Å². The van der Waals surface area contributed by atoms with E-state index in [1.54, 1.807) is 5.38 Å². The lowest BCUT2D eigenvalue weighted by Crippen LogP contribution is -2.32. The Kier molecular flexibility index (Phi) is 4.04. The average molecular weight is 227 g/mol. The predicted molar refractivity (Wildman–Crippen MR) is 54.3 cm³/mol. The zero-order valence-corrected chi connectivity index (χ0v) is 8.52. The van der Waals surface area contributed by atoms with Crippen molar-refractivity contribution in [2.24, 2.45) is 10.8 Å². The molecule has 8 heteroatoms. The number of thiazole rings is 1. The van der Waals surface area contributed by atoms with Crippen LogP contribution in [0.25, 0.3) is 10.4 Å². The second-order valence-electron chi connectivity index (χ2n) is 2.77. The second-order valence-corrected chi connectivity index (χ2v) is 3.71. The highest BCUT2D eigenvalue weighted by atomic mass is 32.1. The Morgan fingerprint density at radius 1 is 1.87 bits per heavy atom. The number of azide groups is 1. The molecule has 1 aromatic rings. The summed E-state index contributed by atoms with van der Waals surface area (Å²) in [4.78, 5) is 17.1. The number of carboxylic acids is 1. The summed E-state index contributed by atoms with van der Waals surface area (Å²) in [5.74, 6) is -1.05. The fourth-order valence-electron chi connectivity index (χ4n) is 0.895. The molecule has 1 heterocycles. The molecular formula is C7H9N5O2S. The van der Waals surface area contributed by atoms with Crippen molar-refractivity contribution < 1.29 is 9.90 Å². The Bertz CT molecular complexity index is 398. The zero-order chi connectivity index (χ0) is 11.3. The van der Waals surface area contributed by atoms with Crippen molar-refractivity contribution in [2.45, 2.75) is 19.0 Å². The summed E-state index contributed by atoms with van der Waals surface area (Å²) in [6.45, 7) is 0.176. The fraction of sp³-hybridized carbons (Fsp3) is 0.429. The molecule has 0 amide bonds. The monoisotopic (exact) mass is 227 g/mol. The first-order valence-electron chi connectivity index (χ1n) is 4.06. The summed E-state index contributed by atoms with van der Waals surface area (Å²) in [5.41, 5.74) is 14.1.